The molecule has 1 aliphatic heterocycles. The number of nitrogens with zero attached hydrogens (tertiary/aromatic N) is 1. The summed E-state index contributed by atoms with van der Waals surface area (Å²) >= 11 is 1.49. The number of piperidine rings is 1. The first kappa shape index (κ1) is 21.8. The molecule has 3 rings (SSSR count). The number of fused-ring (bicyclic) bond motifs is 1. The molecule has 1 fully saturated rings. The highest BCUT2D eigenvalue weighted by atomic mass is 32.1. The van der Waals surface area contributed by atoms with Gasteiger partial charge in [-0.05, 0) is 64.5 Å². The number of rotatable bonds is 7. The Morgan fingerprint density at radius 3 is 2.62 bits per heavy atom. The van der Waals surface area contributed by atoms with Gasteiger partial charge in [-0.2, -0.15) is 0 Å². The van der Waals surface area contributed by atoms with Gasteiger partial charge in [-0.15, -0.1) is 11.3 Å². The van der Waals surface area contributed by atoms with Crippen LogP contribution in [0.1, 0.15) is 60.3 Å². The number of carbonyl (C=O) groups is 3. The Morgan fingerprint density at radius 2 is 1.86 bits per heavy atom. The normalized spacial score (nSPS) is 19.3. The van der Waals surface area contributed by atoms with Crippen LogP contribution >= 0.6 is 11.3 Å². The van der Waals surface area contributed by atoms with E-state index in [0.29, 0.717) is 30.3 Å². The molecule has 2 heterocycles. The number of ether oxygens (including phenoxy) is 2. The van der Waals surface area contributed by atoms with Crippen LogP contribution in [-0.4, -0.2) is 55.6 Å². The second kappa shape index (κ2) is 10.2. The van der Waals surface area contributed by atoms with Crippen LogP contribution in [0.2, 0.25) is 0 Å². The quantitative estimate of drug-likeness (QED) is 0.680. The molecule has 1 amide bonds. The zero-order valence-electron chi connectivity index (χ0n) is 17.3. The molecule has 1 N–H and O–H groups in total. The minimum atomic E-state index is -0.359. The van der Waals surface area contributed by atoms with Gasteiger partial charge in [0.1, 0.15) is 5.00 Å². The molecule has 0 spiro atoms. The molecule has 7 nitrogen and oxygen atoms in total. The van der Waals surface area contributed by atoms with Crippen LogP contribution in [0.4, 0.5) is 5.00 Å². The molecule has 8 heteroatoms. The first-order valence-corrected chi connectivity index (χ1v) is 11.4. The van der Waals surface area contributed by atoms with Gasteiger partial charge in [0.2, 0.25) is 5.91 Å². The molecular formula is C21H30N2O5S. The summed E-state index contributed by atoms with van der Waals surface area (Å²) in [7, 11) is 0. The molecule has 1 saturated heterocycles. The molecule has 0 aromatic carbocycles. The topological polar surface area (TPSA) is 84.9 Å². The van der Waals surface area contributed by atoms with E-state index in [1.807, 2.05) is 4.90 Å². The molecule has 0 unspecified atom stereocenters. The number of amides is 1. The average molecular weight is 423 g/mol. The van der Waals surface area contributed by atoms with Gasteiger partial charge < -0.3 is 14.8 Å². The zero-order chi connectivity index (χ0) is 20.8. The first-order valence-electron chi connectivity index (χ1n) is 10.5. The van der Waals surface area contributed by atoms with Crippen LogP contribution in [0.15, 0.2) is 0 Å². The lowest BCUT2D eigenvalue weighted by Crippen LogP contribution is -2.43. The monoisotopic (exact) mass is 422 g/mol. The standard InChI is InChI=1S/C21H30N2O5S/c1-3-27-20(25)14-8-7-11-23(12-14)13-17(24)22-19-18(21(26)28-4-2)15-9-5-6-10-16(15)29-19/h14H,3-13H2,1-2H3,(H,22,24)/t14-/m1/s1. The number of hydrogen-bond acceptors (Lipinski definition) is 7. The maximum Gasteiger partial charge on any atom is 0.341 e. The fourth-order valence-electron chi connectivity index (χ4n) is 4.09. The fraction of sp³-hybridized carbons (Fsp3) is 0.667. The Morgan fingerprint density at radius 1 is 1.10 bits per heavy atom. The van der Waals surface area contributed by atoms with E-state index in [1.165, 1.54) is 16.2 Å². The Kier molecular flexibility index (Phi) is 7.66. The van der Waals surface area contributed by atoms with Crippen LogP contribution < -0.4 is 5.32 Å². The highest BCUT2D eigenvalue weighted by Crippen LogP contribution is 2.38. The van der Waals surface area contributed by atoms with Crippen LogP contribution in [0, 0.1) is 5.92 Å². The Bertz CT molecular complexity index is 760. The molecule has 1 aromatic heterocycles. The molecule has 29 heavy (non-hydrogen) atoms. The summed E-state index contributed by atoms with van der Waals surface area (Å²) in [4.78, 5) is 40.4. The van der Waals surface area contributed by atoms with Crippen molar-refractivity contribution >= 4 is 34.2 Å². The van der Waals surface area contributed by atoms with Gasteiger partial charge in [0.05, 0.1) is 31.2 Å². The highest BCUT2D eigenvalue weighted by Gasteiger charge is 2.30. The number of hydrogen-bond donors (Lipinski definition) is 1. The third-order valence-corrected chi connectivity index (χ3v) is 6.60. The largest absolute Gasteiger partial charge is 0.466 e. The van der Waals surface area contributed by atoms with E-state index in [-0.39, 0.29) is 30.3 Å². The van der Waals surface area contributed by atoms with Gasteiger partial charge in [0.15, 0.2) is 0 Å². The molecule has 1 aliphatic carbocycles. The number of anilines is 1. The lowest BCUT2D eigenvalue weighted by Gasteiger charge is -2.30. The number of carbonyl (C=O) groups excluding carboxylic acids is 3. The number of esters is 2. The predicted molar refractivity (Wildman–Crippen MR) is 111 cm³/mol. The van der Waals surface area contributed by atoms with E-state index < -0.39 is 0 Å². The second-order valence-corrected chi connectivity index (χ2v) is 8.62. The summed E-state index contributed by atoms with van der Waals surface area (Å²) in [6.45, 7) is 5.75. The number of likely N-dealkylation sites (tertiary alicyclic amines) is 1. The Labute approximate surface area is 175 Å². The summed E-state index contributed by atoms with van der Waals surface area (Å²) in [6, 6.07) is 0. The summed E-state index contributed by atoms with van der Waals surface area (Å²) in [5, 5.41) is 3.54. The van der Waals surface area contributed by atoms with Crippen LogP contribution in [0.5, 0.6) is 0 Å². The lowest BCUT2D eigenvalue weighted by molar-refractivity contribution is -0.150. The molecule has 1 atom stereocenters. The van der Waals surface area contributed by atoms with E-state index in [9.17, 15) is 14.4 Å². The van der Waals surface area contributed by atoms with E-state index in [4.69, 9.17) is 9.47 Å². The van der Waals surface area contributed by atoms with Crippen molar-refractivity contribution in [2.24, 2.45) is 5.92 Å². The zero-order valence-corrected chi connectivity index (χ0v) is 18.1. The Balaban J connectivity index is 1.66. The fourth-order valence-corrected chi connectivity index (χ4v) is 5.39. The molecule has 0 radical (unpaired) electrons. The van der Waals surface area contributed by atoms with Crippen molar-refractivity contribution in [2.75, 3.05) is 38.2 Å². The SMILES string of the molecule is CCOC(=O)c1c(NC(=O)CN2CCC[C@@H](C(=O)OCC)C2)sc2c1CCCC2. The average Bonchev–Trinajstić information content (AvgIpc) is 3.06. The van der Waals surface area contributed by atoms with Crippen molar-refractivity contribution < 1.29 is 23.9 Å². The summed E-state index contributed by atoms with van der Waals surface area (Å²) in [6.07, 6.45) is 5.59. The minimum absolute atomic E-state index is 0.168. The van der Waals surface area contributed by atoms with Gasteiger partial charge in [-0.3, -0.25) is 14.5 Å². The summed E-state index contributed by atoms with van der Waals surface area (Å²) in [5.74, 6) is -0.894. The maximum atomic E-state index is 12.7. The first-order chi connectivity index (χ1) is 14.0. The summed E-state index contributed by atoms with van der Waals surface area (Å²) < 4.78 is 10.4. The molecule has 0 saturated carbocycles. The Hall–Kier alpha value is -1.93. The van der Waals surface area contributed by atoms with Crippen molar-refractivity contribution in [3.63, 3.8) is 0 Å². The van der Waals surface area contributed by atoms with E-state index in [2.05, 4.69) is 5.32 Å². The van der Waals surface area contributed by atoms with Gasteiger partial charge in [0.25, 0.3) is 0 Å². The van der Waals surface area contributed by atoms with Gasteiger partial charge in [0, 0.05) is 11.4 Å². The van der Waals surface area contributed by atoms with Crippen LogP contribution in [0.3, 0.4) is 0 Å². The van der Waals surface area contributed by atoms with Gasteiger partial charge >= 0.3 is 11.9 Å². The van der Waals surface area contributed by atoms with E-state index >= 15 is 0 Å². The number of aryl methyl sites for hydroxylation is 1. The smallest absolute Gasteiger partial charge is 0.341 e. The molecule has 2 aliphatic rings. The third-order valence-electron chi connectivity index (χ3n) is 5.40. The third kappa shape index (κ3) is 5.36. The van der Waals surface area contributed by atoms with Crippen molar-refractivity contribution in [3.8, 4) is 0 Å². The van der Waals surface area contributed by atoms with Gasteiger partial charge in [-0.1, -0.05) is 0 Å². The van der Waals surface area contributed by atoms with Crippen LogP contribution in [-0.2, 0) is 31.9 Å². The van der Waals surface area contributed by atoms with Crippen molar-refractivity contribution in [2.45, 2.75) is 52.4 Å². The summed E-state index contributed by atoms with van der Waals surface area (Å²) in [5.41, 5.74) is 1.57. The molecular weight excluding hydrogens is 392 g/mol. The second-order valence-electron chi connectivity index (χ2n) is 7.51. The molecule has 0 bridgehead atoms. The minimum Gasteiger partial charge on any atom is -0.466 e. The molecule has 160 valence electrons. The number of thiophene rings is 1. The van der Waals surface area contributed by atoms with Crippen molar-refractivity contribution in [3.05, 3.63) is 16.0 Å². The predicted octanol–water partition coefficient (Wildman–Crippen LogP) is 3.02. The van der Waals surface area contributed by atoms with Crippen molar-refractivity contribution in [1.29, 1.82) is 0 Å². The van der Waals surface area contributed by atoms with Crippen molar-refractivity contribution in [1.82, 2.24) is 4.90 Å². The van der Waals surface area contributed by atoms with E-state index in [0.717, 1.165) is 50.6 Å². The maximum absolute atomic E-state index is 12.7. The number of nitrogens with one attached hydrogen (secondary N) is 1. The molecule has 1 aromatic rings. The van der Waals surface area contributed by atoms with Crippen LogP contribution in [0.25, 0.3) is 0 Å². The highest BCUT2D eigenvalue weighted by molar-refractivity contribution is 7.17. The van der Waals surface area contributed by atoms with Gasteiger partial charge in [-0.25, -0.2) is 4.79 Å². The lowest BCUT2D eigenvalue weighted by atomic mass is 9.95. The van der Waals surface area contributed by atoms with E-state index in [1.54, 1.807) is 13.8 Å².